The van der Waals surface area contributed by atoms with E-state index in [0.29, 0.717) is 17.2 Å². The van der Waals surface area contributed by atoms with Gasteiger partial charge < -0.3 is 14.8 Å². The van der Waals surface area contributed by atoms with E-state index in [1.807, 2.05) is 24.3 Å². The second-order valence-electron chi connectivity index (χ2n) is 7.04. The summed E-state index contributed by atoms with van der Waals surface area (Å²) >= 11 is 0. The van der Waals surface area contributed by atoms with Crippen LogP contribution in [0.1, 0.15) is 18.4 Å². The molecule has 5 rings (SSSR count). The number of ether oxygens (including phenoxy) is 2. The van der Waals surface area contributed by atoms with Crippen LogP contribution in [-0.2, 0) is 9.47 Å². The van der Waals surface area contributed by atoms with Gasteiger partial charge in [-0.05, 0) is 36.6 Å². The summed E-state index contributed by atoms with van der Waals surface area (Å²) in [5.41, 5.74) is 3.47. The Hall–Kier alpha value is -4.31. The van der Waals surface area contributed by atoms with E-state index >= 15 is 0 Å². The second kappa shape index (κ2) is 8.20. The normalized spacial score (nSPS) is 16.0. The lowest BCUT2D eigenvalue weighted by atomic mass is 9.96. The Morgan fingerprint density at radius 2 is 2.19 bits per heavy atom. The van der Waals surface area contributed by atoms with Crippen LogP contribution in [0.25, 0.3) is 16.7 Å². The number of fused-ring (bicyclic) bond motifs is 1. The maximum absolute atomic E-state index is 5.72. The maximum atomic E-state index is 5.72. The number of aromatic nitrogens is 4. The summed E-state index contributed by atoms with van der Waals surface area (Å²) in [6, 6.07) is 7.38. The Morgan fingerprint density at radius 1 is 1.23 bits per heavy atom. The zero-order chi connectivity index (χ0) is 21.0. The highest BCUT2D eigenvalue weighted by atomic mass is 16.5. The fourth-order valence-electron chi connectivity index (χ4n) is 3.63. The predicted molar refractivity (Wildman–Crippen MR) is 118 cm³/mol. The zero-order valence-corrected chi connectivity index (χ0v) is 16.6. The highest BCUT2D eigenvalue weighted by molar-refractivity contribution is 5.87. The molecule has 7 nitrogen and oxygen atoms in total. The van der Waals surface area contributed by atoms with Crippen LogP contribution in [0.4, 0.5) is 5.82 Å². The molecule has 0 saturated heterocycles. The summed E-state index contributed by atoms with van der Waals surface area (Å²) in [5.74, 6) is 3.97. The molecule has 0 saturated carbocycles. The third-order valence-electron chi connectivity index (χ3n) is 5.13. The molecular weight excluding hydrogens is 390 g/mol. The number of terminal acetylenes is 1. The predicted octanol–water partition coefficient (Wildman–Crippen LogP) is 4.21. The molecule has 2 aliphatic rings. The molecule has 0 bridgehead atoms. The molecule has 3 heterocycles. The number of nitrogens with one attached hydrogen (secondary N) is 1. The van der Waals surface area contributed by atoms with Crippen molar-refractivity contribution in [2.75, 3.05) is 5.32 Å². The number of hydrogen-bond acceptors (Lipinski definition) is 6. The molecule has 31 heavy (non-hydrogen) atoms. The van der Waals surface area contributed by atoms with Gasteiger partial charge in [-0.25, -0.2) is 14.6 Å². The van der Waals surface area contributed by atoms with Gasteiger partial charge in [0.1, 0.15) is 37.0 Å². The van der Waals surface area contributed by atoms with Gasteiger partial charge in [-0.2, -0.15) is 5.10 Å². The monoisotopic (exact) mass is 409 g/mol. The molecule has 3 aromatic rings. The van der Waals surface area contributed by atoms with Gasteiger partial charge in [0.05, 0.1) is 17.3 Å². The van der Waals surface area contributed by atoms with E-state index in [4.69, 9.17) is 15.9 Å². The first-order valence-corrected chi connectivity index (χ1v) is 9.88. The fourth-order valence-corrected chi connectivity index (χ4v) is 3.63. The van der Waals surface area contributed by atoms with E-state index in [1.54, 1.807) is 17.1 Å². The molecular formula is C24H19N5O2. The molecule has 1 N–H and O–H groups in total. The van der Waals surface area contributed by atoms with Crippen LogP contribution in [0.5, 0.6) is 0 Å². The van der Waals surface area contributed by atoms with Crippen molar-refractivity contribution in [1.29, 1.82) is 0 Å². The Morgan fingerprint density at radius 3 is 3.00 bits per heavy atom. The Labute approximate surface area is 179 Å². The summed E-state index contributed by atoms with van der Waals surface area (Å²) in [6.45, 7) is 0. The van der Waals surface area contributed by atoms with E-state index in [0.717, 1.165) is 29.5 Å². The van der Waals surface area contributed by atoms with Crippen molar-refractivity contribution in [3.63, 3.8) is 0 Å². The van der Waals surface area contributed by atoms with E-state index < -0.39 is 0 Å². The lowest BCUT2D eigenvalue weighted by Crippen LogP contribution is -2.27. The molecule has 1 atom stereocenters. The summed E-state index contributed by atoms with van der Waals surface area (Å²) < 4.78 is 12.8. The van der Waals surface area contributed by atoms with E-state index in [1.165, 1.54) is 24.4 Å². The first kappa shape index (κ1) is 18.7. The lowest BCUT2D eigenvalue weighted by Gasteiger charge is -2.26. The first-order chi connectivity index (χ1) is 15.3. The van der Waals surface area contributed by atoms with Crippen molar-refractivity contribution in [2.45, 2.75) is 18.9 Å². The van der Waals surface area contributed by atoms with Crippen LogP contribution in [0.3, 0.4) is 0 Å². The third-order valence-corrected chi connectivity index (χ3v) is 5.13. The average molecular weight is 409 g/mol. The number of nitrogens with zero attached hydrogens (tertiary/aromatic N) is 4. The summed E-state index contributed by atoms with van der Waals surface area (Å²) in [5, 5.41) is 8.82. The smallest absolute Gasteiger partial charge is 0.168 e. The maximum Gasteiger partial charge on any atom is 0.168 e. The molecule has 0 amide bonds. The topological polar surface area (TPSA) is 74.1 Å². The fraction of sp³-hybridized carbons (Fsp3) is 0.125. The summed E-state index contributed by atoms with van der Waals surface area (Å²) in [4.78, 5) is 8.94. The van der Waals surface area contributed by atoms with Crippen LogP contribution in [0, 0.1) is 12.3 Å². The number of allylic oxidation sites excluding steroid dienone is 3. The molecule has 7 heteroatoms. The molecule has 1 aliphatic carbocycles. The number of benzene rings is 1. The van der Waals surface area contributed by atoms with Gasteiger partial charge >= 0.3 is 0 Å². The van der Waals surface area contributed by atoms with Gasteiger partial charge in [0, 0.05) is 5.56 Å². The van der Waals surface area contributed by atoms with Crippen molar-refractivity contribution in [2.24, 2.45) is 0 Å². The van der Waals surface area contributed by atoms with E-state index in [9.17, 15) is 0 Å². The standard InChI is InChI=1S/C24H19N5O2/c1-2-17-7-6-10-19(13-17)29-24-20(14-27-29)23(25-16-26-24)28-22(18-8-4-3-5-9-18)21-15-30-11-12-31-21/h1,3-4,6-8,10-16,22H,5,9H2,(H,25,26,28). The highest BCUT2D eigenvalue weighted by Crippen LogP contribution is 2.29. The minimum absolute atomic E-state index is 0.235. The highest BCUT2D eigenvalue weighted by Gasteiger charge is 2.24. The largest absolute Gasteiger partial charge is 0.466 e. The second-order valence-corrected chi connectivity index (χ2v) is 7.04. The molecule has 152 valence electrons. The van der Waals surface area contributed by atoms with Gasteiger partial charge in [-0.3, -0.25) is 0 Å². The molecule has 1 aromatic carbocycles. The van der Waals surface area contributed by atoms with Crippen molar-refractivity contribution >= 4 is 16.9 Å². The molecule has 1 unspecified atom stereocenters. The van der Waals surface area contributed by atoms with Gasteiger partial charge in [0.25, 0.3) is 0 Å². The van der Waals surface area contributed by atoms with Gasteiger partial charge in [0.15, 0.2) is 11.4 Å². The van der Waals surface area contributed by atoms with Crippen molar-refractivity contribution < 1.29 is 9.47 Å². The zero-order valence-electron chi connectivity index (χ0n) is 16.6. The van der Waals surface area contributed by atoms with Crippen LogP contribution >= 0.6 is 0 Å². The minimum atomic E-state index is -0.235. The van der Waals surface area contributed by atoms with Gasteiger partial charge in [-0.1, -0.05) is 30.2 Å². The Kier molecular flexibility index (Phi) is 4.95. The van der Waals surface area contributed by atoms with E-state index in [2.05, 4.69) is 44.5 Å². The third kappa shape index (κ3) is 3.67. The summed E-state index contributed by atoms with van der Waals surface area (Å²) in [6.07, 6.45) is 21.6. The van der Waals surface area contributed by atoms with Crippen LogP contribution in [0.15, 0.2) is 85.1 Å². The molecule has 0 radical (unpaired) electrons. The summed E-state index contributed by atoms with van der Waals surface area (Å²) in [7, 11) is 0. The number of hydrogen-bond donors (Lipinski definition) is 1. The average Bonchev–Trinajstić information content (AvgIpc) is 3.29. The lowest BCUT2D eigenvalue weighted by molar-refractivity contribution is 0.245. The first-order valence-electron chi connectivity index (χ1n) is 9.88. The molecule has 2 aromatic heterocycles. The molecule has 1 aliphatic heterocycles. The van der Waals surface area contributed by atoms with E-state index in [-0.39, 0.29) is 6.04 Å². The van der Waals surface area contributed by atoms with Crippen LogP contribution in [0.2, 0.25) is 0 Å². The van der Waals surface area contributed by atoms with Crippen LogP contribution < -0.4 is 5.32 Å². The number of anilines is 1. The molecule has 0 fully saturated rings. The Balaban J connectivity index is 1.54. The van der Waals surface area contributed by atoms with Crippen LogP contribution in [-0.4, -0.2) is 25.8 Å². The van der Waals surface area contributed by atoms with Crippen molar-refractivity contribution in [3.8, 4) is 18.0 Å². The Bertz CT molecular complexity index is 1290. The van der Waals surface area contributed by atoms with Crippen molar-refractivity contribution in [3.05, 3.63) is 90.7 Å². The van der Waals surface area contributed by atoms with Gasteiger partial charge in [-0.15, -0.1) is 6.42 Å². The quantitative estimate of drug-likeness (QED) is 0.637. The number of rotatable bonds is 5. The minimum Gasteiger partial charge on any atom is -0.466 e. The SMILES string of the molecule is C#Cc1cccc(-n2ncc3c(NC(C4=CC=CCC4)C4=COC=CO4)ncnc32)c1. The van der Waals surface area contributed by atoms with Gasteiger partial charge in [0.2, 0.25) is 0 Å². The molecule has 0 spiro atoms. The van der Waals surface area contributed by atoms with Crippen molar-refractivity contribution in [1.82, 2.24) is 19.7 Å².